The minimum Gasteiger partial charge on any atom is -0.421 e. The normalized spacial score (nSPS) is 17.1. The summed E-state index contributed by atoms with van der Waals surface area (Å²) in [7, 11) is -0.811. The van der Waals surface area contributed by atoms with Crippen molar-refractivity contribution in [3.63, 3.8) is 0 Å². The Morgan fingerprint density at radius 2 is 0.821 bits per heavy atom. The molecule has 0 aliphatic carbocycles. The summed E-state index contributed by atoms with van der Waals surface area (Å²) in [6.45, 7) is 27.9. The summed E-state index contributed by atoms with van der Waals surface area (Å²) in [6, 6.07) is 2.63. The number of hydrogen-bond donors (Lipinski definition) is 0. The summed E-state index contributed by atoms with van der Waals surface area (Å²) in [5.74, 6) is 0. The average molecular weight is 431 g/mol. The molecule has 0 amide bonds. The molecule has 0 fully saturated rings. The van der Waals surface area contributed by atoms with E-state index in [0.29, 0.717) is 23.0 Å². The zero-order valence-corrected chi connectivity index (χ0v) is 24.5. The molecule has 0 spiro atoms. The lowest BCUT2D eigenvalue weighted by Gasteiger charge is -2.36. The lowest BCUT2D eigenvalue weighted by Crippen LogP contribution is -2.34. The Hall–Kier alpha value is 0.354. The van der Waals surface area contributed by atoms with Crippen LogP contribution in [0.5, 0.6) is 0 Å². The molecule has 0 saturated heterocycles. The van der Waals surface area contributed by atoms with E-state index in [-0.39, 0.29) is 10.8 Å². The van der Waals surface area contributed by atoms with Crippen LogP contribution in [-0.2, 0) is 8.85 Å². The van der Waals surface area contributed by atoms with Crippen molar-refractivity contribution < 1.29 is 8.85 Å². The molecule has 2 nitrogen and oxygen atoms in total. The van der Waals surface area contributed by atoms with Crippen molar-refractivity contribution in [3.05, 3.63) is 0 Å². The zero-order chi connectivity index (χ0) is 22.2. The topological polar surface area (TPSA) is 18.5 Å². The third-order valence-electron chi connectivity index (χ3n) is 5.20. The Morgan fingerprint density at radius 3 is 1.04 bits per heavy atom. The molecule has 0 bridgehead atoms. The van der Waals surface area contributed by atoms with Crippen LogP contribution in [0.2, 0.25) is 12.1 Å². The highest BCUT2D eigenvalue weighted by Crippen LogP contribution is 2.33. The molecule has 0 aliphatic rings. The van der Waals surface area contributed by atoms with Gasteiger partial charge in [0.05, 0.1) is 0 Å². The van der Waals surface area contributed by atoms with Crippen molar-refractivity contribution in [1.82, 2.24) is 0 Å². The largest absolute Gasteiger partial charge is 0.421 e. The average Bonchev–Trinajstić information content (AvgIpc) is 2.42. The van der Waals surface area contributed by atoms with Crippen LogP contribution in [0, 0.1) is 21.7 Å². The van der Waals surface area contributed by atoms with Crippen molar-refractivity contribution in [2.45, 2.75) is 133 Å². The van der Waals surface area contributed by atoms with Crippen LogP contribution in [0.25, 0.3) is 0 Å². The van der Waals surface area contributed by atoms with Gasteiger partial charge in [-0.15, -0.1) is 0 Å². The van der Waals surface area contributed by atoms with Gasteiger partial charge in [-0.2, -0.15) is 0 Å². The smallest absolute Gasteiger partial charge is 0.162 e. The second kappa shape index (κ2) is 11.7. The predicted octanol–water partition coefficient (Wildman–Crippen LogP) is 6.51. The van der Waals surface area contributed by atoms with E-state index < -0.39 is 19.5 Å². The quantitative estimate of drug-likeness (QED) is 0.275. The Kier molecular flexibility index (Phi) is 11.8. The fourth-order valence-corrected chi connectivity index (χ4v) is 6.60. The highest BCUT2D eigenvalue weighted by molar-refractivity contribution is 6.27. The molecule has 0 aromatic heterocycles. The Labute approximate surface area is 183 Å². The van der Waals surface area contributed by atoms with Gasteiger partial charge in [-0.05, 0) is 46.6 Å². The van der Waals surface area contributed by atoms with E-state index in [4.69, 9.17) is 8.85 Å². The van der Waals surface area contributed by atoms with Gasteiger partial charge in [-0.25, -0.2) is 0 Å². The molecule has 2 unspecified atom stereocenters. The lowest BCUT2D eigenvalue weighted by atomic mass is 9.79. The van der Waals surface area contributed by atoms with Gasteiger partial charge in [-0.3, -0.25) is 0 Å². The summed E-state index contributed by atoms with van der Waals surface area (Å²) < 4.78 is 12.9. The maximum absolute atomic E-state index is 6.45. The fraction of sp³-hybridized carbons (Fsp3) is 1.00. The van der Waals surface area contributed by atoms with E-state index in [1.54, 1.807) is 0 Å². The Balaban J connectivity index is 4.10. The standard InChI is InChI=1S/C24H54O2Si2/c1-21(2,3)17-19(23(7,8)9)25-27-15-13-14-16-28-26-20(24(10,11)12)18-22(4,5)6/h19-20H,13-18,27-28H2,1-12H3. The zero-order valence-electron chi connectivity index (χ0n) is 21.6. The first-order valence-electron chi connectivity index (χ1n) is 11.6. The summed E-state index contributed by atoms with van der Waals surface area (Å²) >= 11 is 0. The molecule has 28 heavy (non-hydrogen) atoms. The lowest BCUT2D eigenvalue weighted by molar-refractivity contribution is 0.0518. The van der Waals surface area contributed by atoms with E-state index >= 15 is 0 Å². The van der Waals surface area contributed by atoms with Gasteiger partial charge in [0.15, 0.2) is 19.5 Å². The van der Waals surface area contributed by atoms with Crippen molar-refractivity contribution in [3.8, 4) is 0 Å². The molecular formula is C24H54O2Si2. The highest BCUT2D eigenvalue weighted by atomic mass is 28.2. The molecular weight excluding hydrogens is 376 g/mol. The molecule has 0 aliphatic heterocycles. The first-order valence-corrected chi connectivity index (χ1v) is 14.8. The van der Waals surface area contributed by atoms with E-state index in [9.17, 15) is 0 Å². The van der Waals surface area contributed by atoms with Gasteiger partial charge in [0.1, 0.15) is 0 Å². The number of rotatable bonds is 11. The molecule has 170 valence electrons. The molecule has 0 heterocycles. The van der Waals surface area contributed by atoms with Gasteiger partial charge >= 0.3 is 0 Å². The van der Waals surface area contributed by atoms with Gasteiger partial charge in [0, 0.05) is 12.2 Å². The minimum absolute atomic E-state index is 0.246. The van der Waals surface area contributed by atoms with E-state index in [1.807, 2.05) is 0 Å². The molecule has 0 N–H and O–H groups in total. The predicted molar refractivity (Wildman–Crippen MR) is 133 cm³/mol. The van der Waals surface area contributed by atoms with Crippen LogP contribution in [0.1, 0.15) is 109 Å². The molecule has 4 heteroatoms. The van der Waals surface area contributed by atoms with Gasteiger partial charge in [-0.1, -0.05) is 95.9 Å². The van der Waals surface area contributed by atoms with Crippen molar-refractivity contribution in [2.75, 3.05) is 0 Å². The first-order chi connectivity index (χ1) is 12.4. The van der Waals surface area contributed by atoms with Crippen LogP contribution < -0.4 is 0 Å². The van der Waals surface area contributed by atoms with Gasteiger partial charge in [0.2, 0.25) is 0 Å². The Morgan fingerprint density at radius 1 is 0.536 bits per heavy atom. The molecule has 0 aromatic carbocycles. The minimum atomic E-state index is -0.406. The fourth-order valence-electron chi connectivity index (χ4n) is 3.35. The van der Waals surface area contributed by atoms with Crippen molar-refractivity contribution >= 4 is 19.5 Å². The summed E-state index contributed by atoms with van der Waals surface area (Å²) in [6.07, 6.45) is 5.78. The molecule has 0 saturated carbocycles. The van der Waals surface area contributed by atoms with E-state index in [2.05, 4.69) is 83.1 Å². The Bertz CT molecular complexity index is 368. The SMILES string of the molecule is CC(C)(C)CC(O[SiH2]CCCC[SiH2]OC(CC(C)(C)C)C(C)(C)C)C(C)(C)C. The van der Waals surface area contributed by atoms with Crippen LogP contribution in [0.4, 0.5) is 0 Å². The van der Waals surface area contributed by atoms with E-state index in [1.165, 1.54) is 24.9 Å². The third kappa shape index (κ3) is 15.2. The van der Waals surface area contributed by atoms with Crippen LogP contribution in [0.15, 0.2) is 0 Å². The van der Waals surface area contributed by atoms with E-state index in [0.717, 1.165) is 12.8 Å². The highest BCUT2D eigenvalue weighted by Gasteiger charge is 2.30. The van der Waals surface area contributed by atoms with Crippen molar-refractivity contribution in [2.24, 2.45) is 21.7 Å². The molecule has 0 aromatic rings. The second-order valence-electron chi connectivity index (χ2n) is 13.4. The molecule has 2 atom stereocenters. The summed E-state index contributed by atoms with van der Waals surface area (Å²) in [5, 5.41) is 0. The second-order valence-corrected chi connectivity index (χ2v) is 16.3. The van der Waals surface area contributed by atoms with Crippen LogP contribution in [0.3, 0.4) is 0 Å². The van der Waals surface area contributed by atoms with Crippen LogP contribution >= 0.6 is 0 Å². The monoisotopic (exact) mass is 430 g/mol. The first kappa shape index (κ1) is 28.4. The molecule has 0 rings (SSSR count). The van der Waals surface area contributed by atoms with Crippen molar-refractivity contribution in [1.29, 1.82) is 0 Å². The number of unbranched alkanes of at least 4 members (excludes halogenated alkanes) is 1. The summed E-state index contributed by atoms with van der Waals surface area (Å²) in [4.78, 5) is 0. The third-order valence-corrected chi connectivity index (χ3v) is 8.06. The van der Waals surface area contributed by atoms with Crippen LogP contribution in [-0.4, -0.2) is 31.7 Å². The van der Waals surface area contributed by atoms with Gasteiger partial charge in [0.25, 0.3) is 0 Å². The van der Waals surface area contributed by atoms with Gasteiger partial charge < -0.3 is 8.85 Å². The maximum Gasteiger partial charge on any atom is 0.162 e. The number of hydrogen-bond acceptors (Lipinski definition) is 2. The molecule has 0 radical (unpaired) electrons. The summed E-state index contributed by atoms with van der Waals surface area (Å²) in [5.41, 5.74) is 1.17. The maximum atomic E-state index is 6.45.